The molecule has 0 spiro atoms. The summed E-state index contributed by atoms with van der Waals surface area (Å²) in [6.45, 7) is 2.59. The van der Waals surface area contributed by atoms with E-state index in [1.807, 2.05) is 0 Å². The minimum Gasteiger partial charge on any atom is -0.300 e. The molecule has 2 heterocycles. The lowest BCUT2D eigenvalue weighted by Gasteiger charge is -2.38. The highest BCUT2D eigenvalue weighted by Gasteiger charge is 2.37. The predicted molar refractivity (Wildman–Crippen MR) is 81.0 cm³/mol. The Bertz CT molecular complexity index is 725. The summed E-state index contributed by atoms with van der Waals surface area (Å²) in [5.41, 5.74) is -0.553. The van der Waals surface area contributed by atoms with E-state index in [2.05, 4.69) is 4.90 Å². The van der Waals surface area contributed by atoms with Crippen LogP contribution in [0.2, 0.25) is 0 Å². The van der Waals surface area contributed by atoms with Crippen LogP contribution in [0, 0.1) is 15.9 Å². The van der Waals surface area contributed by atoms with Crippen LogP contribution in [0.1, 0.15) is 19.3 Å². The molecule has 2 unspecified atom stereocenters. The fourth-order valence-electron chi connectivity index (χ4n) is 3.31. The lowest BCUT2D eigenvalue weighted by Crippen LogP contribution is -2.54. The smallest absolute Gasteiger partial charge is 0.273 e. The third-order valence-electron chi connectivity index (χ3n) is 4.45. The number of non-ortho nitro benzene ring substituents is 1. The van der Waals surface area contributed by atoms with Crippen molar-refractivity contribution in [2.24, 2.45) is 0 Å². The molecule has 2 aliphatic rings. The number of nitro groups is 1. The van der Waals surface area contributed by atoms with Crippen LogP contribution >= 0.6 is 0 Å². The van der Waals surface area contributed by atoms with Gasteiger partial charge in [-0.2, -0.15) is 4.31 Å². The molecule has 1 aromatic carbocycles. The zero-order valence-electron chi connectivity index (χ0n) is 12.5. The molecule has 2 saturated heterocycles. The monoisotopic (exact) mass is 343 g/mol. The molecular formula is C14H18FN3O4S. The molecular weight excluding hydrogens is 325 g/mol. The molecule has 7 nitrogen and oxygen atoms in total. The number of nitrogens with zero attached hydrogens (tertiary/aromatic N) is 3. The quantitative estimate of drug-likeness (QED) is 0.615. The number of halogens is 1. The fourth-order valence-corrected chi connectivity index (χ4v) is 5.00. The third-order valence-corrected chi connectivity index (χ3v) is 6.38. The normalized spacial score (nSPS) is 25.8. The minimum atomic E-state index is -3.95. The molecule has 0 aliphatic carbocycles. The van der Waals surface area contributed by atoms with Crippen LogP contribution in [-0.4, -0.2) is 54.8 Å². The molecule has 126 valence electrons. The second kappa shape index (κ2) is 6.14. The Morgan fingerprint density at radius 2 is 1.96 bits per heavy atom. The van der Waals surface area contributed by atoms with Crippen molar-refractivity contribution in [2.75, 3.05) is 26.2 Å². The van der Waals surface area contributed by atoms with Gasteiger partial charge in [0.1, 0.15) is 5.82 Å². The Kier molecular flexibility index (Phi) is 4.35. The molecule has 1 aromatic rings. The van der Waals surface area contributed by atoms with Crippen LogP contribution in [0.5, 0.6) is 0 Å². The van der Waals surface area contributed by atoms with Crippen LogP contribution in [0.25, 0.3) is 0 Å². The second-order valence-electron chi connectivity index (χ2n) is 5.97. The first kappa shape index (κ1) is 16.3. The zero-order valence-corrected chi connectivity index (χ0v) is 13.3. The molecule has 2 fully saturated rings. The van der Waals surface area contributed by atoms with Crippen LogP contribution in [0.3, 0.4) is 0 Å². The average Bonchev–Trinajstić information content (AvgIpc) is 2.68. The van der Waals surface area contributed by atoms with E-state index in [9.17, 15) is 22.9 Å². The molecule has 9 heteroatoms. The van der Waals surface area contributed by atoms with Crippen LogP contribution in [-0.2, 0) is 10.0 Å². The Morgan fingerprint density at radius 3 is 2.70 bits per heavy atom. The van der Waals surface area contributed by atoms with Gasteiger partial charge in [-0.1, -0.05) is 6.42 Å². The highest BCUT2D eigenvalue weighted by atomic mass is 32.2. The fraction of sp³-hybridized carbons (Fsp3) is 0.571. The van der Waals surface area contributed by atoms with E-state index in [0.29, 0.717) is 19.6 Å². The van der Waals surface area contributed by atoms with E-state index in [-0.39, 0.29) is 10.9 Å². The van der Waals surface area contributed by atoms with E-state index in [0.717, 1.165) is 44.0 Å². The van der Waals surface area contributed by atoms with Crippen LogP contribution in [0.15, 0.2) is 23.1 Å². The Hall–Kier alpha value is -1.58. The summed E-state index contributed by atoms with van der Waals surface area (Å²) in [6.07, 6.45) is 2.74. The van der Waals surface area contributed by atoms with Crippen LogP contribution in [0.4, 0.5) is 10.1 Å². The van der Waals surface area contributed by atoms with Crippen LogP contribution < -0.4 is 0 Å². The number of benzene rings is 1. The number of fused-ring (bicyclic) bond motifs is 2. The first-order chi connectivity index (χ1) is 10.9. The molecule has 0 saturated carbocycles. The van der Waals surface area contributed by atoms with Crippen molar-refractivity contribution < 1.29 is 17.7 Å². The third kappa shape index (κ3) is 3.22. The highest BCUT2D eigenvalue weighted by molar-refractivity contribution is 7.89. The van der Waals surface area contributed by atoms with Crippen molar-refractivity contribution in [1.29, 1.82) is 0 Å². The summed E-state index contributed by atoms with van der Waals surface area (Å²) in [6, 6.07) is 2.36. The lowest BCUT2D eigenvalue weighted by atomic mass is 10.1. The minimum absolute atomic E-state index is 0.154. The summed E-state index contributed by atoms with van der Waals surface area (Å²) in [7, 11) is -3.95. The molecule has 0 radical (unpaired) electrons. The predicted octanol–water partition coefficient (Wildman–Crippen LogP) is 1.59. The van der Waals surface area contributed by atoms with Gasteiger partial charge >= 0.3 is 0 Å². The number of piperazine rings is 1. The van der Waals surface area contributed by atoms with E-state index in [1.165, 1.54) is 4.31 Å². The first-order valence-electron chi connectivity index (χ1n) is 7.57. The van der Waals surface area contributed by atoms with Crippen molar-refractivity contribution in [3.8, 4) is 0 Å². The van der Waals surface area contributed by atoms with Gasteiger partial charge < -0.3 is 4.90 Å². The number of sulfonamides is 1. The van der Waals surface area contributed by atoms with Gasteiger partial charge in [-0.25, -0.2) is 12.8 Å². The van der Waals surface area contributed by atoms with Gasteiger partial charge in [0.2, 0.25) is 10.0 Å². The van der Waals surface area contributed by atoms with E-state index < -0.39 is 26.5 Å². The van der Waals surface area contributed by atoms with Gasteiger partial charge in [-0.3, -0.25) is 10.1 Å². The number of hydrogen-bond donors (Lipinski definition) is 0. The first-order valence-corrected chi connectivity index (χ1v) is 9.01. The van der Waals surface area contributed by atoms with Gasteiger partial charge in [-0.05, 0) is 25.5 Å². The molecule has 0 aromatic heterocycles. The van der Waals surface area contributed by atoms with Gasteiger partial charge in [0.15, 0.2) is 0 Å². The lowest BCUT2D eigenvalue weighted by molar-refractivity contribution is -0.385. The summed E-state index contributed by atoms with van der Waals surface area (Å²) >= 11 is 0. The maximum Gasteiger partial charge on any atom is 0.273 e. The van der Waals surface area contributed by atoms with Gasteiger partial charge in [0, 0.05) is 31.7 Å². The van der Waals surface area contributed by atoms with E-state index in [4.69, 9.17) is 0 Å². The molecule has 2 aliphatic heterocycles. The summed E-state index contributed by atoms with van der Waals surface area (Å²) in [5.74, 6) is -0.919. The molecule has 3 rings (SSSR count). The highest BCUT2D eigenvalue weighted by Crippen LogP contribution is 2.28. The Morgan fingerprint density at radius 1 is 1.17 bits per heavy atom. The molecule has 0 N–H and O–H groups in total. The molecule has 23 heavy (non-hydrogen) atoms. The van der Waals surface area contributed by atoms with Crippen molar-refractivity contribution in [1.82, 2.24) is 9.21 Å². The van der Waals surface area contributed by atoms with Gasteiger partial charge in [0.05, 0.1) is 15.9 Å². The zero-order chi connectivity index (χ0) is 16.6. The molecule has 2 bridgehead atoms. The number of rotatable bonds is 3. The summed E-state index contributed by atoms with van der Waals surface area (Å²) in [4.78, 5) is 12.0. The SMILES string of the molecule is O=[N+]([O-])c1cc(F)cc(S(=O)(=O)N2CCN3CCCCC2C3)c1. The number of hydrogen-bond acceptors (Lipinski definition) is 5. The average molecular weight is 343 g/mol. The molecule has 0 amide bonds. The maximum atomic E-state index is 13.6. The number of nitro benzene ring substituents is 1. The van der Waals surface area contributed by atoms with Crippen molar-refractivity contribution in [3.05, 3.63) is 34.1 Å². The Balaban J connectivity index is 1.96. The van der Waals surface area contributed by atoms with E-state index >= 15 is 0 Å². The molecule has 2 atom stereocenters. The Labute approximate surface area is 133 Å². The van der Waals surface area contributed by atoms with Crippen molar-refractivity contribution >= 4 is 15.7 Å². The summed E-state index contributed by atoms with van der Waals surface area (Å²) in [5, 5.41) is 10.9. The van der Waals surface area contributed by atoms with Gasteiger partial charge in [-0.15, -0.1) is 0 Å². The largest absolute Gasteiger partial charge is 0.300 e. The maximum absolute atomic E-state index is 13.6. The standard InChI is InChI=1S/C14H18FN3O4S/c15-11-7-13(18(19)20)9-14(8-11)23(21,22)17-6-5-16-4-2-1-3-12(17)10-16/h7-9,12H,1-6,10H2. The van der Waals surface area contributed by atoms with Gasteiger partial charge in [0.25, 0.3) is 5.69 Å². The second-order valence-corrected chi connectivity index (χ2v) is 7.86. The van der Waals surface area contributed by atoms with Crippen molar-refractivity contribution in [2.45, 2.75) is 30.2 Å². The van der Waals surface area contributed by atoms with E-state index in [1.54, 1.807) is 0 Å². The topological polar surface area (TPSA) is 83.8 Å². The van der Waals surface area contributed by atoms with Crippen molar-refractivity contribution in [3.63, 3.8) is 0 Å². The summed E-state index contributed by atoms with van der Waals surface area (Å²) < 4.78 is 40.7.